The Morgan fingerprint density at radius 1 is 1.38 bits per heavy atom. The van der Waals surface area contributed by atoms with Gasteiger partial charge >= 0.3 is 0 Å². The molecule has 0 bridgehead atoms. The van der Waals surface area contributed by atoms with Crippen LogP contribution in [0.15, 0.2) is 18.7 Å². The van der Waals surface area contributed by atoms with Crippen LogP contribution in [-0.2, 0) is 6.54 Å². The summed E-state index contributed by atoms with van der Waals surface area (Å²) in [5.74, 6) is 1.72. The fourth-order valence-corrected chi connectivity index (χ4v) is 3.20. The molecule has 3 heteroatoms. The molecule has 3 nitrogen and oxygen atoms in total. The minimum absolute atomic E-state index is 0.237. The molecule has 3 unspecified atom stereocenters. The van der Waals surface area contributed by atoms with Crippen molar-refractivity contribution < 1.29 is 5.11 Å². The third kappa shape index (κ3) is 2.46. The van der Waals surface area contributed by atoms with Gasteiger partial charge in [0.25, 0.3) is 0 Å². The topological polar surface area (TPSA) is 38.0 Å². The van der Waals surface area contributed by atoms with Crippen molar-refractivity contribution in [3.63, 3.8) is 0 Å². The molecular weight excluding hydrogens is 200 g/mol. The highest BCUT2D eigenvalue weighted by molar-refractivity contribution is 4.85. The number of hydrogen-bond acceptors (Lipinski definition) is 2. The predicted molar refractivity (Wildman–Crippen MR) is 63.9 cm³/mol. The van der Waals surface area contributed by atoms with Crippen molar-refractivity contribution in [2.75, 3.05) is 0 Å². The Bertz CT molecular complexity index is 300. The molecule has 1 aromatic heterocycles. The van der Waals surface area contributed by atoms with E-state index in [4.69, 9.17) is 0 Å². The molecule has 0 radical (unpaired) electrons. The number of aliphatic hydroxyl groups excluding tert-OH is 1. The zero-order valence-corrected chi connectivity index (χ0v) is 10.2. The van der Waals surface area contributed by atoms with E-state index in [9.17, 15) is 5.11 Å². The van der Waals surface area contributed by atoms with E-state index in [2.05, 4.69) is 18.8 Å². The third-order valence-corrected chi connectivity index (χ3v) is 4.03. The van der Waals surface area contributed by atoms with Crippen LogP contribution in [0.2, 0.25) is 0 Å². The Morgan fingerprint density at radius 2 is 2.06 bits per heavy atom. The molecular formula is C13H22N2O. The zero-order valence-electron chi connectivity index (χ0n) is 10.2. The van der Waals surface area contributed by atoms with Crippen molar-refractivity contribution in [1.29, 1.82) is 0 Å². The third-order valence-electron chi connectivity index (χ3n) is 4.03. The van der Waals surface area contributed by atoms with Gasteiger partial charge in [-0.05, 0) is 17.8 Å². The molecule has 90 valence electrons. The van der Waals surface area contributed by atoms with E-state index < -0.39 is 0 Å². The van der Waals surface area contributed by atoms with E-state index in [0.717, 1.165) is 0 Å². The molecule has 16 heavy (non-hydrogen) atoms. The van der Waals surface area contributed by atoms with Gasteiger partial charge in [0.1, 0.15) is 0 Å². The first-order chi connectivity index (χ1) is 7.68. The summed E-state index contributed by atoms with van der Waals surface area (Å²) in [5, 5.41) is 10.3. The highest BCUT2D eigenvalue weighted by atomic mass is 16.3. The van der Waals surface area contributed by atoms with Gasteiger partial charge in [-0.3, -0.25) is 0 Å². The Morgan fingerprint density at radius 3 is 2.62 bits per heavy atom. The fraction of sp³-hybridized carbons (Fsp3) is 0.769. The van der Waals surface area contributed by atoms with Gasteiger partial charge < -0.3 is 9.67 Å². The monoisotopic (exact) mass is 222 g/mol. The molecule has 2 rings (SSSR count). The van der Waals surface area contributed by atoms with Crippen LogP contribution < -0.4 is 0 Å². The maximum absolute atomic E-state index is 10.3. The Balaban J connectivity index is 1.99. The summed E-state index contributed by atoms with van der Waals surface area (Å²) in [6.07, 6.45) is 9.06. The molecule has 0 aromatic carbocycles. The SMILES string of the molecule is CC1CCCC(C)C1C(O)Cn1ccnc1. The molecule has 0 spiro atoms. The lowest BCUT2D eigenvalue weighted by molar-refractivity contribution is 0.0101. The number of aliphatic hydroxyl groups is 1. The van der Waals surface area contributed by atoms with Crippen molar-refractivity contribution in [3.8, 4) is 0 Å². The summed E-state index contributed by atoms with van der Waals surface area (Å²) in [6, 6.07) is 0. The normalized spacial score (nSPS) is 32.6. The number of aromatic nitrogens is 2. The molecule has 1 N–H and O–H groups in total. The maximum Gasteiger partial charge on any atom is 0.0946 e. The first-order valence-corrected chi connectivity index (χ1v) is 6.32. The van der Waals surface area contributed by atoms with Crippen LogP contribution in [0.1, 0.15) is 33.1 Å². The van der Waals surface area contributed by atoms with Crippen LogP contribution in [0, 0.1) is 17.8 Å². The lowest BCUT2D eigenvalue weighted by Crippen LogP contribution is -2.37. The summed E-state index contributed by atoms with van der Waals surface area (Å²) in [7, 11) is 0. The molecule has 0 amide bonds. The van der Waals surface area contributed by atoms with Crippen LogP contribution in [0.5, 0.6) is 0 Å². The first-order valence-electron chi connectivity index (χ1n) is 6.32. The minimum atomic E-state index is -0.237. The molecule has 1 fully saturated rings. The molecule has 1 aromatic rings. The number of nitrogens with zero attached hydrogens (tertiary/aromatic N) is 2. The summed E-state index contributed by atoms with van der Waals surface area (Å²) in [5.41, 5.74) is 0. The molecule has 0 saturated heterocycles. The molecule has 0 aliphatic heterocycles. The van der Waals surface area contributed by atoms with Crippen LogP contribution in [0.25, 0.3) is 0 Å². The van der Waals surface area contributed by atoms with Crippen molar-refractivity contribution >= 4 is 0 Å². The van der Waals surface area contributed by atoms with E-state index in [1.807, 2.05) is 10.8 Å². The van der Waals surface area contributed by atoms with Gasteiger partial charge in [0.15, 0.2) is 0 Å². The van der Waals surface area contributed by atoms with Gasteiger partial charge in [-0.15, -0.1) is 0 Å². The lowest BCUT2D eigenvalue weighted by Gasteiger charge is -2.37. The Kier molecular flexibility index (Phi) is 3.64. The zero-order chi connectivity index (χ0) is 11.5. The second kappa shape index (κ2) is 5.00. The Labute approximate surface area is 97.5 Å². The van der Waals surface area contributed by atoms with Gasteiger partial charge in [-0.2, -0.15) is 0 Å². The second-order valence-electron chi connectivity index (χ2n) is 5.29. The van der Waals surface area contributed by atoms with Gasteiger partial charge in [0.05, 0.1) is 12.4 Å². The first kappa shape index (κ1) is 11.6. The smallest absolute Gasteiger partial charge is 0.0946 e. The quantitative estimate of drug-likeness (QED) is 0.852. The van der Waals surface area contributed by atoms with Gasteiger partial charge in [0, 0.05) is 18.9 Å². The summed E-state index contributed by atoms with van der Waals surface area (Å²) < 4.78 is 1.97. The van der Waals surface area contributed by atoms with Crippen LogP contribution in [-0.4, -0.2) is 20.8 Å². The maximum atomic E-state index is 10.3. The van der Waals surface area contributed by atoms with Crippen LogP contribution in [0.4, 0.5) is 0 Å². The molecule has 3 atom stereocenters. The van der Waals surface area contributed by atoms with Crippen LogP contribution in [0.3, 0.4) is 0 Å². The fourth-order valence-electron chi connectivity index (χ4n) is 3.20. The summed E-state index contributed by atoms with van der Waals surface area (Å²) in [4.78, 5) is 4.01. The second-order valence-corrected chi connectivity index (χ2v) is 5.29. The predicted octanol–water partition coefficient (Wildman–Crippen LogP) is 2.32. The van der Waals surface area contributed by atoms with Crippen molar-refractivity contribution in [2.24, 2.45) is 17.8 Å². The number of imidazole rings is 1. The molecule has 1 aliphatic carbocycles. The van der Waals surface area contributed by atoms with E-state index in [-0.39, 0.29) is 6.10 Å². The summed E-state index contributed by atoms with van der Waals surface area (Å²) in [6.45, 7) is 5.23. The average Bonchev–Trinajstić information content (AvgIpc) is 2.70. The van der Waals surface area contributed by atoms with Crippen molar-refractivity contribution in [2.45, 2.75) is 45.8 Å². The Hall–Kier alpha value is -0.830. The van der Waals surface area contributed by atoms with Gasteiger partial charge in [0.2, 0.25) is 0 Å². The standard InChI is InChI=1S/C13H22N2O/c1-10-4-3-5-11(2)13(10)12(16)8-15-7-6-14-9-15/h6-7,9-13,16H,3-5,8H2,1-2H3. The van der Waals surface area contributed by atoms with Crippen molar-refractivity contribution in [1.82, 2.24) is 9.55 Å². The van der Waals surface area contributed by atoms with E-state index >= 15 is 0 Å². The highest BCUT2D eigenvalue weighted by Crippen LogP contribution is 2.36. The number of rotatable bonds is 3. The number of hydrogen-bond donors (Lipinski definition) is 1. The van der Waals surface area contributed by atoms with Gasteiger partial charge in [-0.1, -0.05) is 33.1 Å². The van der Waals surface area contributed by atoms with E-state index in [0.29, 0.717) is 24.3 Å². The van der Waals surface area contributed by atoms with Crippen molar-refractivity contribution in [3.05, 3.63) is 18.7 Å². The van der Waals surface area contributed by atoms with E-state index in [1.165, 1.54) is 19.3 Å². The highest BCUT2D eigenvalue weighted by Gasteiger charge is 2.33. The largest absolute Gasteiger partial charge is 0.391 e. The molecule has 1 saturated carbocycles. The average molecular weight is 222 g/mol. The molecule has 1 heterocycles. The lowest BCUT2D eigenvalue weighted by atomic mass is 9.71. The van der Waals surface area contributed by atoms with E-state index in [1.54, 1.807) is 12.5 Å². The van der Waals surface area contributed by atoms with Gasteiger partial charge in [-0.25, -0.2) is 4.98 Å². The van der Waals surface area contributed by atoms with Crippen LogP contribution >= 0.6 is 0 Å². The summed E-state index contributed by atoms with van der Waals surface area (Å²) >= 11 is 0. The minimum Gasteiger partial charge on any atom is -0.391 e. The molecule has 1 aliphatic rings.